The van der Waals surface area contributed by atoms with Gasteiger partial charge in [-0.3, -0.25) is 4.90 Å². The molecule has 136 valence electrons. The van der Waals surface area contributed by atoms with E-state index < -0.39 is 0 Å². The normalized spacial score (nSPS) is 24.4. The lowest BCUT2D eigenvalue weighted by Crippen LogP contribution is -2.51. The largest absolute Gasteiger partial charge is 0.497 e. The van der Waals surface area contributed by atoms with Crippen LogP contribution in [0.15, 0.2) is 23.9 Å². The SMILES string of the molecule is [B]N1CCC2(CC1)NC(=O)N1Cc3cc(OC)cc(OC)c3C(C)C=C12. The number of hydrogen-bond acceptors (Lipinski definition) is 4. The van der Waals surface area contributed by atoms with Crippen molar-refractivity contribution in [1.29, 1.82) is 0 Å². The van der Waals surface area contributed by atoms with Crippen molar-refractivity contribution >= 4 is 14.0 Å². The first-order valence-electron chi connectivity index (χ1n) is 9.04. The number of benzene rings is 1. The molecule has 1 N–H and O–H groups in total. The molecule has 1 aromatic rings. The molecule has 1 unspecified atom stereocenters. The third-order valence-corrected chi connectivity index (χ3v) is 5.87. The number of allylic oxidation sites excluding steroid dienone is 1. The van der Waals surface area contributed by atoms with Crippen LogP contribution in [-0.2, 0) is 6.54 Å². The van der Waals surface area contributed by atoms with Gasteiger partial charge in [-0.25, -0.2) is 4.79 Å². The van der Waals surface area contributed by atoms with Gasteiger partial charge in [0.2, 0.25) is 0 Å². The molecular weight excluding hydrogens is 329 g/mol. The number of carbonyl (C=O) groups excluding carboxylic acids is 1. The fraction of sp³-hybridized carbons (Fsp3) is 0.526. The Morgan fingerprint density at radius 2 is 1.96 bits per heavy atom. The molecule has 3 aliphatic rings. The zero-order chi connectivity index (χ0) is 18.5. The Labute approximate surface area is 155 Å². The van der Waals surface area contributed by atoms with Crippen LogP contribution in [0.4, 0.5) is 4.79 Å². The van der Waals surface area contributed by atoms with Gasteiger partial charge in [-0.1, -0.05) is 13.0 Å². The molecular formula is C19H24BN3O3. The highest BCUT2D eigenvalue weighted by molar-refractivity contribution is 6.04. The van der Waals surface area contributed by atoms with Crippen LogP contribution in [0.25, 0.3) is 0 Å². The van der Waals surface area contributed by atoms with E-state index in [0.717, 1.165) is 54.3 Å². The summed E-state index contributed by atoms with van der Waals surface area (Å²) in [4.78, 5) is 16.5. The van der Waals surface area contributed by atoms with Gasteiger partial charge in [-0.2, -0.15) is 0 Å². The summed E-state index contributed by atoms with van der Waals surface area (Å²) in [5.74, 6) is 1.67. The number of piperidine rings is 1. The zero-order valence-electron chi connectivity index (χ0n) is 15.5. The molecule has 2 radical (unpaired) electrons. The van der Waals surface area contributed by atoms with Crippen LogP contribution in [0.3, 0.4) is 0 Å². The number of carbonyl (C=O) groups is 1. The molecule has 2 fully saturated rings. The van der Waals surface area contributed by atoms with Gasteiger partial charge in [0, 0.05) is 23.2 Å². The highest BCUT2D eigenvalue weighted by Gasteiger charge is 2.49. The van der Waals surface area contributed by atoms with Gasteiger partial charge in [0.05, 0.1) is 26.3 Å². The molecule has 3 aliphatic heterocycles. The third kappa shape index (κ3) is 2.57. The molecule has 1 aromatic carbocycles. The second-order valence-corrected chi connectivity index (χ2v) is 7.38. The highest BCUT2D eigenvalue weighted by Crippen LogP contribution is 2.44. The third-order valence-electron chi connectivity index (χ3n) is 5.87. The Morgan fingerprint density at radius 3 is 2.62 bits per heavy atom. The van der Waals surface area contributed by atoms with Crippen molar-refractivity contribution in [3.8, 4) is 11.5 Å². The maximum absolute atomic E-state index is 12.8. The second-order valence-electron chi connectivity index (χ2n) is 7.38. The van der Waals surface area contributed by atoms with E-state index in [4.69, 9.17) is 17.5 Å². The number of nitrogens with one attached hydrogen (secondary N) is 1. The van der Waals surface area contributed by atoms with Crippen LogP contribution in [0.5, 0.6) is 11.5 Å². The Kier molecular flexibility index (Phi) is 4.14. The van der Waals surface area contributed by atoms with Gasteiger partial charge in [-0.15, -0.1) is 0 Å². The molecule has 7 heteroatoms. The number of nitrogens with zero attached hydrogens (tertiary/aromatic N) is 2. The van der Waals surface area contributed by atoms with Crippen LogP contribution < -0.4 is 14.8 Å². The molecule has 1 spiro atoms. The van der Waals surface area contributed by atoms with Crippen molar-refractivity contribution in [2.24, 2.45) is 0 Å². The van der Waals surface area contributed by atoms with E-state index in [0.29, 0.717) is 6.54 Å². The predicted octanol–water partition coefficient (Wildman–Crippen LogP) is 2.15. The Bertz CT molecular complexity index is 772. The minimum Gasteiger partial charge on any atom is -0.497 e. The van der Waals surface area contributed by atoms with E-state index in [2.05, 4.69) is 18.3 Å². The molecule has 0 aliphatic carbocycles. The summed E-state index contributed by atoms with van der Waals surface area (Å²) in [5, 5.41) is 3.24. The number of fused-ring (bicyclic) bond motifs is 3. The summed E-state index contributed by atoms with van der Waals surface area (Å²) in [6, 6.07) is 3.88. The maximum Gasteiger partial charge on any atom is 0.322 e. The molecule has 0 bridgehead atoms. The lowest BCUT2D eigenvalue weighted by atomic mass is 9.82. The molecule has 2 amide bonds. The Hall–Kier alpha value is -2.15. The summed E-state index contributed by atoms with van der Waals surface area (Å²) >= 11 is 0. The fourth-order valence-electron chi connectivity index (χ4n) is 4.48. The lowest BCUT2D eigenvalue weighted by molar-refractivity contribution is 0.218. The van der Waals surface area contributed by atoms with Crippen LogP contribution in [0.1, 0.15) is 36.8 Å². The number of urea groups is 1. The van der Waals surface area contributed by atoms with Crippen molar-refractivity contribution in [1.82, 2.24) is 15.0 Å². The molecule has 1 atom stereocenters. The summed E-state index contributed by atoms with van der Waals surface area (Å²) < 4.78 is 11.1. The highest BCUT2D eigenvalue weighted by atomic mass is 16.5. The first-order chi connectivity index (χ1) is 12.5. The quantitative estimate of drug-likeness (QED) is 0.828. The average Bonchev–Trinajstić information content (AvgIpc) is 2.78. The summed E-state index contributed by atoms with van der Waals surface area (Å²) in [5.41, 5.74) is 2.93. The number of methoxy groups -OCH3 is 2. The summed E-state index contributed by atoms with van der Waals surface area (Å²) in [6.45, 7) is 4.20. The van der Waals surface area contributed by atoms with Gasteiger partial charge in [0.25, 0.3) is 0 Å². The molecule has 0 aromatic heterocycles. The Balaban J connectivity index is 1.79. The standard InChI is InChI=1S/C19H24BN3O3/c1-12-8-16-19(4-6-22(20)7-5-19)21-18(24)23(16)11-13-9-14(25-2)10-15(26-3)17(12)13/h8-10,12H,4-7,11H2,1-3H3,(H,21,24). The van der Waals surface area contributed by atoms with Crippen LogP contribution in [-0.4, -0.2) is 56.6 Å². The summed E-state index contributed by atoms with van der Waals surface area (Å²) in [7, 11) is 9.26. The minimum absolute atomic E-state index is 0.0384. The van der Waals surface area contributed by atoms with Crippen LogP contribution in [0, 0.1) is 0 Å². The molecule has 26 heavy (non-hydrogen) atoms. The predicted molar refractivity (Wildman–Crippen MR) is 99.4 cm³/mol. The molecule has 6 nitrogen and oxygen atoms in total. The molecule has 3 heterocycles. The topological polar surface area (TPSA) is 54.0 Å². The summed E-state index contributed by atoms with van der Waals surface area (Å²) in [6.07, 6.45) is 3.85. The first-order valence-corrected chi connectivity index (χ1v) is 9.04. The van der Waals surface area contributed by atoms with Gasteiger partial charge in [0.15, 0.2) is 7.98 Å². The van der Waals surface area contributed by atoms with Gasteiger partial charge >= 0.3 is 6.03 Å². The van der Waals surface area contributed by atoms with Gasteiger partial charge in [0.1, 0.15) is 11.5 Å². The number of rotatable bonds is 2. The van der Waals surface area contributed by atoms with E-state index in [1.54, 1.807) is 14.2 Å². The minimum atomic E-state index is -0.319. The molecule has 4 rings (SSSR count). The number of hydrogen-bond donors (Lipinski definition) is 1. The monoisotopic (exact) mass is 353 g/mol. The first kappa shape index (κ1) is 17.3. The zero-order valence-corrected chi connectivity index (χ0v) is 15.5. The van der Waals surface area contributed by atoms with Crippen molar-refractivity contribution in [3.05, 3.63) is 35.0 Å². The fourth-order valence-corrected chi connectivity index (χ4v) is 4.48. The number of amides is 2. The average molecular weight is 353 g/mol. The number of ether oxygens (including phenoxy) is 2. The van der Waals surface area contributed by atoms with Crippen LogP contribution in [0.2, 0.25) is 0 Å². The van der Waals surface area contributed by atoms with Crippen molar-refractivity contribution in [3.63, 3.8) is 0 Å². The van der Waals surface area contributed by atoms with E-state index >= 15 is 0 Å². The van der Waals surface area contributed by atoms with Crippen molar-refractivity contribution in [2.45, 2.75) is 37.8 Å². The van der Waals surface area contributed by atoms with Crippen molar-refractivity contribution in [2.75, 3.05) is 27.3 Å². The van der Waals surface area contributed by atoms with Crippen LogP contribution >= 0.6 is 0 Å². The molecule has 2 saturated heterocycles. The maximum atomic E-state index is 12.8. The molecule has 0 saturated carbocycles. The second kappa shape index (κ2) is 6.23. The van der Waals surface area contributed by atoms with E-state index in [-0.39, 0.29) is 17.5 Å². The smallest absolute Gasteiger partial charge is 0.322 e. The van der Waals surface area contributed by atoms with Gasteiger partial charge in [-0.05, 0) is 37.6 Å². The van der Waals surface area contributed by atoms with Gasteiger partial charge < -0.3 is 19.6 Å². The van der Waals surface area contributed by atoms with E-state index in [9.17, 15) is 4.79 Å². The van der Waals surface area contributed by atoms with E-state index in [1.807, 2.05) is 21.8 Å². The van der Waals surface area contributed by atoms with Crippen molar-refractivity contribution < 1.29 is 14.3 Å². The lowest BCUT2D eigenvalue weighted by Gasteiger charge is -2.39. The Morgan fingerprint density at radius 1 is 1.23 bits per heavy atom. The van der Waals surface area contributed by atoms with E-state index in [1.165, 1.54) is 0 Å².